The van der Waals surface area contributed by atoms with Gasteiger partial charge in [0.2, 0.25) is 5.43 Å². The summed E-state index contributed by atoms with van der Waals surface area (Å²) in [6.45, 7) is 6.14. The number of nitrogens with one attached hydrogen (secondary N) is 1. The van der Waals surface area contributed by atoms with Crippen LogP contribution in [0.2, 0.25) is 5.02 Å². The molecule has 0 spiro atoms. The van der Waals surface area contributed by atoms with Crippen molar-refractivity contribution in [2.24, 2.45) is 5.41 Å². The molecule has 1 atom stereocenters. The molecule has 3 aromatic rings. The maximum Gasteiger partial charge on any atom is 0.341 e. The summed E-state index contributed by atoms with van der Waals surface area (Å²) in [6, 6.07) is 5.60. The van der Waals surface area contributed by atoms with Crippen molar-refractivity contribution in [3.8, 4) is 0 Å². The molecule has 3 N–H and O–H groups in total. The van der Waals surface area contributed by atoms with Gasteiger partial charge in [-0.25, -0.2) is 14.2 Å². The predicted molar refractivity (Wildman–Crippen MR) is 133 cm³/mol. The molecule has 10 heteroatoms. The maximum atomic E-state index is 14.7. The molecule has 0 aliphatic heterocycles. The smallest absolute Gasteiger partial charge is 0.341 e. The van der Waals surface area contributed by atoms with E-state index in [1.807, 2.05) is 20.8 Å². The van der Waals surface area contributed by atoms with E-state index in [4.69, 9.17) is 16.3 Å². The Morgan fingerprint density at radius 2 is 2.03 bits per heavy atom. The van der Waals surface area contributed by atoms with E-state index in [0.29, 0.717) is 30.1 Å². The Morgan fingerprint density at radius 1 is 1.31 bits per heavy atom. The number of carboxylic acids is 1. The van der Waals surface area contributed by atoms with E-state index in [1.165, 1.54) is 22.9 Å². The van der Waals surface area contributed by atoms with Crippen LogP contribution in [0.25, 0.3) is 11.0 Å². The van der Waals surface area contributed by atoms with E-state index in [9.17, 15) is 24.2 Å². The largest absolute Gasteiger partial charge is 0.477 e. The molecule has 2 aromatic heterocycles. The number of aliphatic hydroxyl groups is 1. The molecule has 2 heterocycles. The summed E-state index contributed by atoms with van der Waals surface area (Å²) in [5, 5.41) is 23.0. The lowest BCUT2D eigenvalue weighted by molar-refractivity contribution is 0.0692. The first-order chi connectivity index (χ1) is 16.5. The van der Waals surface area contributed by atoms with Crippen molar-refractivity contribution in [1.82, 2.24) is 9.55 Å². The van der Waals surface area contributed by atoms with Crippen LogP contribution in [0, 0.1) is 11.2 Å². The highest BCUT2D eigenvalue weighted by atomic mass is 35.5. The number of hydrogen-bond donors (Lipinski definition) is 3. The first-order valence-electron chi connectivity index (χ1n) is 11.1. The number of aromatic nitrogens is 2. The summed E-state index contributed by atoms with van der Waals surface area (Å²) in [5.41, 5.74) is -0.645. The lowest BCUT2D eigenvalue weighted by atomic mass is 9.86. The number of aliphatic hydroxyl groups excluding tert-OH is 1. The van der Waals surface area contributed by atoms with Crippen molar-refractivity contribution in [3.05, 3.63) is 68.2 Å². The van der Waals surface area contributed by atoms with Gasteiger partial charge in [0, 0.05) is 26.3 Å². The predicted octanol–water partition coefficient (Wildman–Crippen LogP) is 4.12. The van der Waals surface area contributed by atoms with Crippen LogP contribution in [0.15, 0.2) is 35.3 Å². The lowest BCUT2D eigenvalue weighted by Gasteiger charge is -2.32. The Morgan fingerprint density at radius 3 is 2.63 bits per heavy atom. The summed E-state index contributed by atoms with van der Waals surface area (Å²) in [6.07, 6.45) is 1.28. The van der Waals surface area contributed by atoms with Gasteiger partial charge in [0.1, 0.15) is 22.8 Å². The second-order valence-electron chi connectivity index (χ2n) is 9.33. The average Bonchev–Trinajstić information content (AvgIpc) is 2.78. The van der Waals surface area contributed by atoms with Gasteiger partial charge in [0.15, 0.2) is 0 Å². The van der Waals surface area contributed by atoms with Gasteiger partial charge < -0.3 is 24.8 Å². The Kier molecular flexibility index (Phi) is 8.15. The molecular formula is C25H29ClFN3O5. The highest BCUT2D eigenvalue weighted by molar-refractivity contribution is 6.30. The summed E-state index contributed by atoms with van der Waals surface area (Å²) >= 11 is 5.95. The van der Waals surface area contributed by atoms with Gasteiger partial charge >= 0.3 is 5.97 Å². The van der Waals surface area contributed by atoms with E-state index < -0.39 is 34.2 Å². The summed E-state index contributed by atoms with van der Waals surface area (Å²) in [5.74, 6) is -1.58. The summed E-state index contributed by atoms with van der Waals surface area (Å²) in [7, 11) is 1.55. The summed E-state index contributed by atoms with van der Waals surface area (Å²) in [4.78, 5) is 29.7. The Hall–Kier alpha value is -3.01. The van der Waals surface area contributed by atoms with E-state index in [-0.39, 0.29) is 29.1 Å². The van der Waals surface area contributed by atoms with Crippen LogP contribution in [0.3, 0.4) is 0 Å². The molecule has 0 aliphatic carbocycles. The minimum Gasteiger partial charge on any atom is -0.477 e. The zero-order valence-electron chi connectivity index (χ0n) is 20.1. The van der Waals surface area contributed by atoms with Gasteiger partial charge in [-0.2, -0.15) is 0 Å². The van der Waals surface area contributed by atoms with Crippen LogP contribution >= 0.6 is 11.6 Å². The average molecular weight is 506 g/mol. The topological polar surface area (TPSA) is 114 Å². The van der Waals surface area contributed by atoms with E-state index in [1.54, 1.807) is 19.2 Å². The minimum absolute atomic E-state index is 0.0309. The van der Waals surface area contributed by atoms with E-state index in [0.717, 1.165) is 0 Å². The molecule has 188 valence electrons. The molecule has 0 radical (unpaired) electrons. The fourth-order valence-electron chi connectivity index (χ4n) is 3.93. The molecule has 0 fully saturated rings. The third-order valence-corrected chi connectivity index (χ3v) is 6.13. The molecular weight excluding hydrogens is 477 g/mol. The van der Waals surface area contributed by atoms with Crippen molar-refractivity contribution in [3.63, 3.8) is 0 Å². The number of methoxy groups -OCH3 is 1. The van der Waals surface area contributed by atoms with Gasteiger partial charge in [-0.1, -0.05) is 44.5 Å². The Balaban J connectivity index is 2.33. The minimum atomic E-state index is -1.39. The first-order valence-corrected chi connectivity index (χ1v) is 11.5. The zero-order chi connectivity index (χ0) is 25.9. The van der Waals surface area contributed by atoms with Crippen LogP contribution < -0.4 is 10.7 Å². The number of carboxylic acid groups (broad SMARTS) is 1. The van der Waals surface area contributed by atoms with E-state index in [2.05, 4.69) is 10.3 Å². The van der Waals surface area contributed by atoms with Gasteiger partial charge in [-0.3, -0.25) is 4.79 Å². The number of carbonyl (C=O) groups is 1. The molecule has 0 saturated heterocycles. The van der Waals surface area contributed by atoms with Gasteiger partial charge in [0.05, 0.1) is 29.7 Å². The van der Waals surface area contributed by atoms with Crippen LogP contribution in [0.4, 0.5) is 10.2 Å². The fourth-order valence-corrected chi connectivity index (χ4v) is 4.13. The van der Waals surface area contributed by atoms with Gasteiger partial charge in [0.25, 0.3) is 0 Å². The number of benzene rings is 1. The molecule has 0 amide bonds. The number of aromatic carboxylic acids is 1. The first kappa shape index (κ1) is 26.6. The third-order valence-electron chi connectivity index (χ3n) is 5.83. The van der Waals surface area contributed by atoms with Crippen molar-refractivity contribution in [2.75, 3.05) is 32.2 Å². The molecule has 8 nitrogen and oxygen atoms in total. The standard InChI is InChI=1S/C25H29ClFN3O5/c1-25(2,3)19(13-31)30-12-17(24(33)34)21(32)16-11-15(10-14-6-5-7-18(26)20(14)27)22(29-23(16)30)28-8-9-35-4/h5-7,11-12,19,31H,8-10,13H2,1-4H3,(H,28,29)(H,33,34). The van der Waals surface area contributed by atoms with Crippen molar-refractivity contribution < 1.29 is 24.1 Å². The van der Waals surface area contributed by atoms with Crippen LogP contribution in [0.1, 0.15) is 48.3 Å². The van der Waals surface area contributed by atoms with Crippen LogP contribution in [-0.2, 0) is 11.2 Å². The third kappa shape index (κ3) is 5.63. The number of anilines is 1. The number of fused-ring (bicyclic) bond motifs is 1. The number of rotatable bonds is 9. The molecule has 0 saturated carbocycles. The SMILES string of the molecule is COCCNc1nc2c(cc1Cc1cccc(Cl)c1F)c(=O)c(C(=O)O)cn2C(CO)C(C)(C)C. The highest BCUT2D eigenvalue weighted by Gasteiger charge is 2.29. The molecule has 0 aliphatic rings. The molecule has 1 aromatic carbocycles. The number of nitrogens with zero attached hydrogens (tertiary/aromatic N) is 2. The molecule has 1 unspecified atom stereocenters. The summed E-state index contributed by atoms with van der Waals surface area (Å²) < 4.78 is 21.3. The molecule has 3 rings (SSSR count). The van der Waals surface area contributed by atoms with Crippen LogP contribution in [-0.4, -0.2) is 52.6 Å². The second kappa shape index (κ2) is 10.7. The Bertz CT molecular complexity index is 1300. The quantitative estimate of drug-likeness (QED) is 0.375. The number of halogens is 2. The molecule has 35 heavy (non-hydrogen) atoms. The maximum absolute atomic E-state index is 14.7. The highest BCUT2D eigenvalue weighted by Crippen LogP contribution is 2.33. The second-order valence-corrected chi connectivity index (χ2v) is 9.73. The normalized spacial score (nSPS) is 12.7. The van der Waals surface area contributed by atoms with E-state index >= 15 is 0 Å². The lowest BCUT2D eigenvalue weighted by Crippen LogP contribution is -2.31. The van der Waals surface area contributed by atoms with Crippen molar-refractivity contribution in [2.45, 2.75) is 33.2 Å². The van der Waals surface area contributed by atoms with Gasteiger partial charge in [-0.05, 0) is 28.7 Å². The molecule has 0 bridgehead atoms. The number of ether oxygens (including phenoxy) is 1. The Labute approximate surface area is 207 Å². The monoisotopic (exact) mass is 505 g/mol. The zero-order valence-corrected chi connectivity index (χ0v) is 20.8. The van der Waals surface area contributed by atoms with Crippen LogP contribution in [0.5, 0.6) is 0 Å². The van der Waals surface area contributed by atoms with Gasteiger partial charge in [-0.15, -0.1) is 0 Å². The van der Waals surface area contributed by atoms with Crippen molar-refractivity contribution in [1.29, 1.82) is 0 Å². The number of pyridine rings is 2. The van der Waals surface area contributed by atoms with Crippen molar-refractivity contribution >= 4 is 34.4 Å². The number of hydrogen-bond acceptors (Lipinski definition) is 6. The fraction of sp³-hybridized carbons (Fsp3) is 0.400.